The summed E-state index contributed by atoms with van der Waals surface area (Å²) >= 11 is 1.43. The van der Waals surface area contributed by atoms with Crippen molar-refractivity contribution in [3.05, 3.63) is 16.1 Å². The molecule has 120 valence electrons. The summed E-state index contributed by atoms with van der Waals surface area (Å²) in [5, 5.41) is 12.1. The van der Waals surface area contributed by atoms with Gasteiger partial charge in [0.2, 0.25) is 0 Å². The van der Waals surface area contributed by atoms with Gasteiger partial charge in [0.15, 0.2) is 6.10 Å². The van der Waals surface area contributed by atoms with Crippen LogP contribution < -0.4 is 0 Å². The molecule has 0 radical (unpaired) electrons. The number of alkyl halides is 3. The summed E-state index contributed by atoms with van der Waals surface area (Å²) < 4.78 is 43.2. The van der Waals surface area contributed by atoms with Crippen LogP contribution in [0.25, 0.3) is 0 Å². The molecule has 3 atom stereocenters. The van der Waals surface area contributed by atoms with Crippen LogP contribution in [0.2, 0.25) is 0 Å². The monoisotopic (exact) mass is 324 g/mol. The molecule has 0 aromatic carbocycles. The van der Waals surface area contributed by atoms with Gasteiger partial charge in [0, 0.05) is 25.1 Å². The molecule has 1 N–H and O–H groups in total. The van der Waals surface area contributed by atoms with Crippen molar-refractivity contribution in [2.24, 2.45) is 0 Å². The number of aliphatic hydroxyl groups excluding tert-OH is 1. The van der Waals surface area contributed by atoms with Gasteiger partial charge in [-0.25, -0.2) is 4.98 Å². The van der Waals surface area contributed by atoms with Crippen LogP contribution in [0.5, 0.6) is 0 Å². The molecule has 4 nitrogen and oxygen atoms in total. The summed E-state index contributed by atoms with van der Waals surface area (Å²) in [6.07, 6.45) is -5.99. The number of rotatable bonds is 5. The van der Waals surface area contributed by atoms with E-state index in [0.29, 0.717) is 25.9 Å². The Morgan fingerprint density at radius 1 is 1.57 bits per heavy atom. The lowest BCUT2D eigenvalue weighted by atomic mass is 10.1. The van der Waals surface area contributed by atoms with Gasteiger partial charge in [-0.05, 0) is 26.3 Å². The Bertz CT molecular complexity index is 467. The average Bonchev–Trinajstić information content (AvgIpc) is 3.05. The van der Waals surface area contributed by atoms with E-state index in [4.69, 9.17) is 4.74 Å². The first-order valence-corrected chi connectivity index (χ1v) is 7.66. The van der Waals surface area contributed by atoms with E-state index in [-0.39, 0.29) is 6.10 Å². The van der Waals surface area contributed by atoms with Crippen LogP contribution in [0, 0.1) is 0 Å². The molecule has 0 unspecified atom stereocenters. The molecule has 1 aromatic rings. The van der Waals surface area contributed by atoms with Crippen molar-refractivity contribution < 1.29 is 23.0 Å². The van der Waals surface area contributed by atoms with Gasteiger partial charge in [0.1, 0.15) is 11.1 Å². The lowest BCUT2D eigenvalue weighted by Crippen LogP contribution is -2.46. The van der Waals surface area contributed by atoms with E-state index >= 15 is 0 Å². The number of likely N-dealkylation sites (tertiary alicyclic amines) is 1. The van der Waals surface area contributed by atoms with E-state index < -0.39 is 18.3 Å². The molecule has 0 amide bonds. The first kappa shape index (κ1) is 16.7. The fraction of sp³-hybridized carbons (Fsp3) is 0.769. The summed E-state index contributed by atoms with van der Waals surface area (Å²) in [5.41, 5.74) is 0.722. The van der Waals surface area contributed by atoms with Gasteiger partial charge >= 0.3 is 6.18 Å². The van der Waals surface area contributed by atoms with Gasteiger partial charge in [-0.1, -0.05) is 0 Å². The second-order valence-corrected chi connectivity index (χ2v) is 6.11. The normalized spacial score (nSPS) is 23.4. The molecule has 0 spiro atoms. The highest BCUT2D eigenvalue weighted by molar-refractivity contribution is 7.09. The number of thiazole rings is 1. The van der Waals surface area contributed by atoms with Crippen LogP contribution in [0.1, 0.15) is 36.6 Å². The molecule has 1 aliphatic heterocycles. The third-order valence-corrected chi connectivity index (χ3v) is 4.80. The number of aliphatic hydroxyl groups is 1. The van der Waals surface area contributed by atoms with Gasteiger partial charge < -0.3 is 9.84 Å². The number of hydrogen-bond acceptors (Lipinski definition) is 5. The second kappa shape index (κ2) is 6.60. The molecule has 1 aromatic heterocycles. The second-order valence-electron chi connectivity index (χ2n) is 5.22. The number of halogens is 3. The number of methoxy groups -OCH3 is 1. The fourth-order valence-corrected chi connectivity index (χ4v) is 3.36. The number of ether oxygens (including phenoxy) is 1. The Hall–Kier alpha value is -0.700. The Morgan fingerprint density at radius 3 is 2.90 bits per heavy atom. The minimum absolute atomic E-state index is 0.126. The molecule has 8 heteroatoms. The predicted molar refractivity (Wildman–Crippen MR) is 73.0 cm³/mol. The quantitative estimate of drug-likeness (QED) is 0.905. The SMILES string of the molecule is CO[C@H](C)c1nc(CN2CCC[C@@H]2[C@@H](O)C(F)(F)F)cs1. The molecule has 1 aliphatic rings. The lowest BCUT2D eigenvalue weighted by Gasteiger charge is -2.29. The Morgan fingerprint density at radius 2 is 2.29 bits per heavy atom. The number of aromatic nitrogens is 1. The van der Waals surface area contributed by atoms with E-state index in [1.54, 1.807) is 12.0 Å². The van der Waals surface area contributed by atoms with E-state index in [1.807, 2.05) is 12.3 Å². The van der Waals surface area contributed by atoms with E-state index in [9.17, 15) is 18.3 Å². The van der Waals surface area contributed by atoms with Crippen molar-refractivity contribution >= 4 is 11.3 Å². The summed E-state index contributed by atoms with van der Waals surface area (Å²) in [7, 11) is 1.59. The summed E-state index contributed by atoms with van der Waals surface area (Å²) in [4.78, 5) is 6.05. The van der Waals surface area contributed by atoms with Gasteiger partial charge in [-0.2, -0.15) is 13.2 Å². The van der Waals surface area contributed by atoms with Crippen LogP contribution in [0.3, 0.4) is 0 Å². The molecular formula is C13H19F3N2O2S. The zero-order valence-corrected chi connectivity index (χ0v) is 12.7. The topological polar surface area (TPSA) is 45.6 Å². The molecule has 1 saturated heterocycles. The zero-order valence-electron chi connectivity index (χ0n) is 11.9. The van der Waals surface area contributed by atoms with Crippen molar-refractivity contribution in [2.75, 3.05) is 13.7 Å². The third kappa shape index (κ3) is 3.94. The molecule has 0 aliphatic carbocycles. The van der Waals surface area contributed by atoms with Crippen molar-refractivity contribution in [3.8, 4) is 0 Å². The first-order chi connectivity index (χ1) is 9.82. The van der Waals surface area contributed by atoms with E-state index in [0.717, 1.165) is 10.7 Å². The molecule has 1 fully saturated rings. The van der Waals surface area contributed by atoms with Crippen LogP contribution >= 0.6 is 11.3 Å². The fourth-order valence-electron chi connectivity index (χ4n) is 2.51. The van der Waals surface area contributed by atoms with Crippen molar-refractivity contribution in [2.45, 2.75) is 50.7 Å². The third-order valence-electron chi connectivity index (χ3n) is 3.75. The van der Waals surface area contributed by atoms with E-state index in [1.165, 1.54) is 11.3 Å². The Balaban J connectivity index is 2.03. The Labute approximate surface area is 125 Å². The minimum atomic E-state index is -4.58. The summed E-state index contributed by atoms with van der Waals surface area (Å²) in [5.74, 6) is 0. The van der Waals surface area contributed by atoms with Gasteiger partial charge in [0.25, 0.3) is 0 Å². The smallest absolute Gasteiger partial charge is 0.382 e. The maximum atomic E-state index is 12.7. The van der Waals surface area contributed by atoms with Crippen LogP contribution in [0.4, 0.5) is 13.2 Å². The molecule has 0 saturated carbocycles. The maximum absolute atomic E-state index is 12.7. The molecular weight excluding hydrogens is 305 g/mol. The maximum Gasteiger partial charge on any atom is 0.415 e. The summed E-state index contributed by atoms with van der Waals surface area (Å²) in [6.45, 7) is 2.74. The number of hydrogen-bond donors (Lipinski definition) is 1. The highest BCUT2D eigenvalue weighted by atomic mass is 32.1. The van der Waals surface area contributed by atoms with Gasteiger partial charge in [0.05, 0.1) is 5.69 Å². The zero-order chi connectivity index (χ0) is 15.6. The highest BCUT2D eigenvalue weighted by Gasteiger charge is 2.47. The van der Waals surface area contributed by atoms with Crippen LogP contribution in [-0.4, -0.2) is 47.0 Å². The van der Waals surface area contributed by atoms with Gasteiger partial charge in [-0.3, -0.25) is 4.90 Å². The molecule has 2 heterocycles. The van der Waals surface area contributed by atoms with Crippen molar-refractivity contribution in [1.29, 1.82) is 0 Å². The average molecular weight is 324 g/mol. The first-order valence-electron chi connectivity index (χ1n) is 6.79. The number of nitrogens with zero attached hydrogens (tertiary/aromatic N) is 2. The predicted octanol–water partition coefficient (Wildman–Crippen LogP) is 2.74. The standard InChI is InChI=1S/C13H19F3N2O2S/c1-8(20-2)12-17-9(7-21-12)6-18-5-3-4-10(18)11(19)13(14,15)16/h7-8,10-11,19H,3-6H2,1-2H3/t8-,10-,11-/m1/s1. The van der Waals surface area contributed by atoms with Crippen LogP contribution in [-0.2, 0) is 11.3 Å². The van der Waals surface area contributed by atoms with Gasteiger partial charge in [-0.15, -0.1) is 11.3 Å². The van der Waals surface area contributed by atoms with E-state index in [2.05, 4.69) is 4.98 Å². The Kier molecular flexibility index (Phi) is 5.24. The summed E-state index contributed by atoms with van der Waals surface area (Å²) in [6, 6.07) is -0.880. The minimum Gasteiger partial charge on any atom is -0.382 e. The molecule has 2 rings (SSSR count). The van der Waals surface area contributed by atoms with Crippen molar-refractivity contribution in [1.82, 2.24) is 9.88 Å². The van der Waals surface area contributed by atoms with Crippen LogP contribution in [0.15, 0.2) is 5.38 Å². The lowest BCUT2D eigenvalue weighted by molar-refractivity contribution is -0.219. The molecule has 0 bridgehead atoms. The largest absolute Gasteiger partial charge is 0.415 e. The van der Waals surface area contributed by atoms with Crippen molar-refractivity contribution in [3.63, 3.8) is 0 Å². The molecule has 21 heavy (non-hydrogen) atoms. The highest BCUT2D eigenvalue weighted by Crippen LogP contribution is 2.32.